The third-order valence-electron chi connectivity index (χ3n) is 2.44. The lowest BCUT2D eigenvalue weighted by Gasteiger charge is -2.20. The topological polar surface area (TPSA) is 43.8 Å². The highest BCUT2D eigenvalue weighted by Crippen LogP contribution is 2.23. The third-order valence-corrected chi connectivity index (χ3v) is 3.90. The molecule has 0 spiro atoms. The summed E-state index contributed by atoms with van der Waals surface area (Å²) in [4.78, 5) is 4.39. The average molecular weight is 255 g/mol. The fourth-order valence-corrected chi connectivity index (χ4v) is 2.46. The van der Waals surface area contributed by atoms with Crippen molar-refractivity contribution in [2.75, 3.05) is 5.75 Å². The fraction of sp³-hybridized carbons (Fsp3) is 0.769. The summed E-state index contributed by atoms with van der Waals surface area (Å²) in [5.74, 6) is 2.11. The summed E-state index contributed by atoms with van der Waals surface area (Å²) in [5.41, 5.74) is 6.16. The lowest BCUT2D eigenvalue weighted by molar-refractivity contribution is 0.606. The molecule has 98 valence electrons. The molecule has 1 aromatic heterocycles. The van der Waals surface area contributed by atoms with Crippen LogP contribution in [0.2, 0.25) is 0 Å². The van der Waals surface area contributed by atoms with Gasteiger partial charge in [-0.3, -0.25) is 0 Å². The van der Waals surface area contributed by atoms with E-state index in [4.69, 9.17) is 5.73 Å². The number of imidazole rings is 1. The van der Waals surface area contributed by atoms with Gasteiger partial charge in [0.25, 0.3) is 0 Å². The van der Waals surface area contributed by atoms with Gasteiger partial charge in [-0.05, 0) is 6.42 Å². The molecule has 1 aromatic rings. The van der Waals surface area contributed by atoms with Crippen molar-refractivity contribution in [2.45, 2.75) is 57.9 Å². The van der Waals surface area contributed by atoms with Gasteiger partial charge < -0.3 is 10.3 Å². The molecular formula is C13H25N3S. The van der Waals surface area contributed by atoms with E-state index in [1.807, 2.05) is 24.2 Å². The zero-order chi connectivity index (χ0) is 12.9. The quantitative estimate of drug-likeness (QED) is 0.850. The van der Waals surface area contributed by atoms with Gasteiger partial charge in [0.15, 0.2) is 0 Å². The van der Waals surface area contributed by atoms with E-state index in [0.29, 0.717) is 0 Å². The minimum atomic E-state index is 0.192. The molecule has 1 heterocycles. The van der Waals surface area contributed by atoms with E-state index in [0.717, 1.165) is 31.0 Å². The van der Waals surface area contributed by atoms with Gasteiger partial charge in [0, 0.05) is 41.9 Å². The highest BCUT2D eigenvalue weighted by Gasteiger charge is 2.15. The molecule has 0 bridgehead atoms. The molecule has 1 unspecified atom stereocenters. The van der Waals surface area contributed by atoms with Gasteiger partial charge in [0.05, 0.1) is 0 Å². The van der Waals surface area contributed by atoms with Crippen molar-refractivity contribution >= 4 is 11.8 Å². The normalized spacial score (nSPS) is 13.9. The van der Waals surface area contributed by atoms with Crippen molar-refractivity contribution in [1.29, 1.82) is 0 Å². The second kappa shape index (κ2) is 6.45. The van der Waals surface area contributed by atoms with E-state index < -0.39 is 0 Å². The Kier molecular flexibility index (Phi) is 5.53. The Bertz CT molecular complexity index is 328. The Morgan fingerprint density at radius 2 is 2.18 bits per heavy atom. The molecule has 0 saturated heterocycles. The lowest BCUT2D eigenvalue weighted by Crippen LogP contribution is -2.29. The van der Waals surface area contributed by atoms with Crippen LogP contribution in [-0.4, -0.2) is 26.1 Å². The first kappa shape index (κ1) is 14.6. The van der Waals surface area contributed by atoms with Gasteiger partial charge in [0.1, 0.15) is 5.82 Å². The van der Waals surface area contributed by atoms with Crippen LogP contribution in [0.25, 0.3) is 0 Å². The molecule has 1 rings (SSSR count). The highest BCUT2D eigenvalue weighted by molar-refractivity contribution is 8.00. The Morgan fingerprint density at radius 1 is 1.47 bits per heavy atom. The maximum Gasteiger partial charge on any atom is 0.110 e. The molecule has 3 nitrogen and oxygen atoms in total. The van der Waals surface area contributed by atoms with Crippen molar-refractivity contribution in [3.05, 3.63) is 18.2 Å². The Labute approximate surface area is 109 Å². The summed E-state index contributed by atoms with van der Waals surface area (Å²) in [5, 5.41) is 0. The number of aryl methyl sites for hydroxylation is 1. The van der Waals surface area contributed by atoms with E-state index in [9.17, 15) is 0 Å². The SMILES string of the molecule is CCCn1ccnc1CC(N)CSC(C)(C)C. The number of thioether (sulfide) groups is 1. The van der Waals surface area contributed by atoms with Crippen molar-refractivity contribution in [2.24, 2.45) is 5.73 Å². The molecule has 0 aliphatic carbocycles. The second-order valence-electron chi connectivity index (χ2n) is 5.42. The molecule has 0 radical (unpaired) electrons. The van der Waals surface area contributed by atoms with E-state index in [2.05, 4.69) is 37.2 Å². The number of hydrogen-bond donors (Lipinski definition) is 1. The van der Waals surface area contributed by atoms with Crippen LogP contribution in [0, 0.1) is 0 Å². The van der Waals surface area contributed by atoms with Gasteiger partial charge >= 0.3 is 0 Å². The molecule has 0 aliphatic rings. The molecule has 0 fully saturated rings. The largest absolute Gasteiger partial charge is 0.335 e. The zero-order valence-electron chi connectivity index (χ0n) is 11.4. The Balaban J connectivity index is 2.44. The maximum atomic E-state index is 6.16. The molecule has 0 saturated carbocycles. The van der Waals surface area contributed by atoms with Gasteiger partial charge in [-0.25, -0.2) is 4.98 Å². The average Bonchev–Trinajstić information content (AvgIpc) is 2.63. The van der Waals surface area contributed by atoms with Crippen LogP contribution in [0.1, 0.15) is 39.9 Å². The van der Waals surface area contributed by atoms with Gasteiger partial charge in [0.2, 0.25) is 0 Å². The molecule has 1 atom stereocenters. The lowest BCUT2D eigenvalue weighted by atomic mass is 10.2. The Morgan fingerprint density at radius 3 is 2.76 bits per heavy atom. The Hall–Kier alpha value is -0.480. The van der Waals surface area contributed by atoms with Crippen LogP contribution < -0.4 is 5.73 Å². The summed E-state index contributed by atoms with van der Waals surface area (Å²) >= 11 is 1.92. The fourth-order valence-electron chi connectivity index (χ4n) is 1.62. The maximum absolute atomic E-state index is 6.16. The third kappa shape index (κ3) is 5.59. The minimum absolute atomic E-state index is 0.192. The predicted molar refractivity (Wildman–Crippen MR) is 76.4 cm³/mol. The van der Waals surface area contributed by atoms with Gasteiger partial charge in [-0.1, -0.05) is 27.7 Å². The van der Waals surface area contributed by atoms with Crippen LogP contribution >= 0.6 is 11.8 Å². The predicted octanol–water partition coefficient (Wildman–Crippen LogP) is 2.69. The molecule has 0 aromatic carbocycles. The second-order valence-corrected chi connectivity index (χ2v) is 7.27. The number of nitrogens with zero attached hydrogens (tertiary/aromatic N) is 2. The van der Waals surface area contributed by atoms with E-state index in [1.165, 1.54) is 0 Å². The smallest absolute Gasteiger partial charge is 0.110 e. The van der Waals surface area contributed by atoms with Crippen molar-refractivity contribution in [1.82, 2.24) is 9.55 Å². The molecule has 4 heteroatoms. The molecule has 0 amide bonds. The monoisotopic (exact) mass is 255 g/mol. The first-order chi connectivity index (χ1) is 7.92. The number of hydrogen-bond acceptors (Lipinski definition) is 3. The molecule has 17 heavy (non-hydrogen) atoms. The van der Waals surface area contributed by atoms with Crippen molar-refractivity contribution in [3.8, 4) is 0 Å². The summed E-state index contributed by atoms with van der Waals surface area (Å²) in [6.07, 6.45) is 5.92. The summed E-state index contributed by atoms with van der Waals surface area (Å²) < 4.78 is 2.50. The standard InChI is InChI=1S/C13H25N3S/c1-5-7-16-8-6-15-12(16)9-11(14)10-17-13(2,3)4/h6,8,11H,5,7,9-10,14H2,1-4H3. The zero-order valence-corrected chi connectivity index (χ0v) is 12.3. The van der Waals surface area contributed by atoms with Gasteiger partial charge in [-0.2, -0.15) is 11.8 Å². The molecule has 2 N–H and O–H groups in total. The minimum Gasteiger partial charge on any atom is -0.335 e. The molecular weight excluding hydrogens is 230 g/mol. The van der Waals surface area contributed by atoms with Crippen LogP contribution in [0.3, 0.4) is 0 Å². The molecule has 0 aliphatic heterocycles. The first-order valence-corrected chi connectivity index (χ1v) is 7.30. The van der Waals surface area contributed by atoms with E-state index >= 15 is 0 Å². The number of nitrogens with two attached hydrogens (primary N) is 1. The van der Waals surface area contributed by atoms with Crippen molar-refractivity contribution < 1.29 is 0 Å². The van der Waals surface area contributed by atoms with Crippen LogP contribution in [0.15, 0.2) is 12.4 Å². The van der Waals surface area contributed by atoms with Crippen LogP contribution in [0.5, 0.6) is 0 Å². The van der Waals surface area contributed by atoms with E-state index in [-0.39, 0.29) is 10.8 Å². The van der Waals surface area contributed by atoms with Crippen molar-refractivity contribution in [3.63, 3.8) is 0 Å². The van der Waals surface area contributed by atoms with Crippen LogP contribution in [0.4, 0.5) is 0 Å². The number of rotatable bonds is 6. The summed E-state index contributed by atoms with van der Waals surface area (Å²) in [6, 6.07) is 0.192. The first-order valence-electron chi connectivity index (χ1n) is 6.32. The number of aromatic nitrogens is 2. The summed E-state index contributed by atoms with van der Waals surface area (Å²) in [7, 11) is 0. The van der Waals surface area contributed by atoms with Crippen LogP contribution in [-0.2, 0) is 13.0 Å². The summed E-state index contributed by atoms with van der Waals surface area (Å²) in [6.45, 7) is 9.89. The van der Waals surface area contributed by atoms with E-state index in [1.54, 1.807) is 0 Å². The van der Waals surface area contributed by atoms with Gasteiger partial charge in [-0.15, -0.1) is 0 Å². The highest BCUT2D eigenvalue weighted by atomic mass is 32.2.